The molecular formula is C19H27NO3. The summed E-state index contributed by atoms with van der Waals surface area (Å²) in [5.41, 5.74) is 1.60. The molecule has 4 nitrogen and oxygen atoms in total. The van der Waals surface area contributed by atoms with Crippen LogP contribution in [0, 0.1) is 28.6 Å². The zero-order valence-corrected chi connectivity index (χ0v) is 14.1. The van der Waals surface area contributed by atoms with Crippen molar-refractivity contribution in [2.45, 2.75) is 64.8 Å². The van der Waals surface area contributed by atoms with Crippen LogP contribution in [0.25, 0.3) is 0 Å². The molecular weight excluding hydrogens is 290 g/mol. The number of carboxylic acids is 1. The Bertz CT molecular complexity index is 597. The fourth-order valence-electron chi connectivity index (χ4n) is 6.38. The quantitative estimate of drug-likeness (QED) is 0.730. The minimum absolute atomic E-state index is 0.0741. The maximum atomic E-state index is 11.8. The van der Waals surface area contributed by atoms with Crippen LogP contribution in [-0.4, -0.2) is 23.0 Å². The molecule has 0 aromatic heterocycles. The number of nitrogens with one attached hydrogen (secondary N) is 1. The Morgan fingerprint density at radius 3 is 2.65 bits per heavy atom. The molecule has 0 aromatic rings. The summed E-state index contributed by atoms with van der Waals surface area (Å²) in [6, 6.07) is 0.263. The molecule has 126 valence electrons. The maximum Gasteiger partial charge on any atom is 0.307 e. The van der Waals surface area contributed by atoms with Gasteiger partial charge in [-0.15, -0.1) is 0 Å². The second-order valence-corrected chi connectivity index (χ2v) is 8.68. The van der Waals surface area contributed by atoms with Gasteiger partial charge in [-0.05, 0) is 61.2 Å². The normalized spacial score (nSPS) is 48.6. The van der Waals surface area contributed by atoms with Crippen LogP contribution in [0.3, 0.4) is 0 Å². The number of amides is 1. The number of fused-ring (bicyclic) bond motifs is 5. The van der Waals surface area contributed by atoms with Gasteiger partial charge < -0.3 is 10.4 Å². The molecule has 2 saturated carbocycles. The summed E-state index contributed by atoms with van der Waals surface area (Å²) in [5, 5.41) is 12.8. The van der Waals surface area contributed by atoms with Crippen molar-refractivity contribution in [2.24, 2.45) is 28.6 Å². The van der Waals surface area contributed by atoms with Crippen molar-refractivity contribution in [3.05, 3.63) is 11.6 Å². The molecule has 0 radical (unpaired) electrons. The predicted octanol–water partition coefficient (Wildman–Crippen LogP) is 3.13. The van der Waals surface area contributed by atoms with Gasteiger partial charge in [-0.2, -0.15) is 0 Å². The molecule has 23 heavy (non-hydrogen) atoms. The van der Waals surface area contributed by atoms with E-state index in [0.717, 1.165) is 38.5 Å². The number of piperidine rings is 1. The Balaban J connectivity index is 1.69. The van der Waals surface area contributed by atoms with Gasteiger partial charge in [-0.3, -0.25) is 9.59 Å². The number of rotatable bonds is 1. The molecule has 0 spiro atoms. The third-order valence-electron chi connectivity index (χ3n) is 7.82. The summed E-state index contributed by atoms with van der Waals surface area (Å²) in [4.78, 5) is 23.5. The molecule has 0 bridgehead atoms. The second kappa shape index (κ2) is 4.84. The Morgan fingerprint density at radius 2 is 1.91 bits per heavy atom. The summed E-state index contributed by atoms with van der Waals surface area (Å²) in [7, 11) is 0. The molecule has 1 saturated heterocycles. The van der Waals surface area contributed by atoms with Crippen molar-refractivity contribution in [1.29, 1.82) is 0 Å². The van der Waals surface area contributed by atoms with Crippen LogP contribution in [0.15, 0.2) is 11.6 Å². The van der Waals surface area contributed by atoms with Gasteiger partial charge in [0.15, 0.2) is 0 Å². The Kier molecular flexibility index (Phi) is 3.20. The van der Waals surface area contributed by atoms with E-state index < -0.39 is 5.97 Å². The summed E-state index contributed by atoms with van der Waals surface area (Å²) in [6.07, 6.45) is 8.79. The standard InChI is InChI=1S/C19H27NO3/c1-18-9-7-13-11(12(18)4-5-14(18)17(22)23)3-6-15-19(13,2)10-8-16(21)20-15/h3,12-15H,4-10H2,1-2H3,(H,20,21)(H,22,23)/t12-,13-,14+,15+,18-,19+/m0/s1. The molecule has 3 fully saturated rings. The highest BCUT2D eigenvalue weighted by Crippen LogP contribution is 2.63. The van der Waals surface area contributed by atoms with Crippen LogP contribution in [0.1, 0.15) is 58.8 Å². The zero-order valence-electron chi connectivity index (χ0n) is 14.1. The first-order valence-corrected chi connectivity index (χ1v) is 9.08. The van der Waals surface area contributed by atoms with Crippen LogP contribution >= 0.6 is 0 Å². The van der Waals surface area contributed by atoms with E-state index in [9.17, 15) is 14.7 Å². The summed E-state index contributed by atoms with van der Waals surface area (Å²) >= 11 is 0. The number of hydrogen-bond acceptors (Lipinski definition) is 2. The average Bonchev–Trinajstić information content (AvgIpc) is 2.85. The molecule has 0 unspecified atom stereocenters. The van der Waals surface area contributed by atoms with E-state index in [1.165, 1.54) is 5.57 Å². The van der Waals surface area contributed by atoms with E-state index in [0.29, 0.717) is 18.3 Å². The SMILES string of the molecule is C[C@]12CCC(=O)N[C@@H]1CC=C1[C@@H]2CC[C@]2(C)[C@@H](C(=O)O)CC[C@@H]12. The maximum absolute atomic E-state index is 11.8. The van der Waals surface area contributed by atoms with Crippen LogP contribution < -0.4 is 5.32 Å². The zero-order chi connectivity index (χ0) is 16.4. The van der Waals surface area contributed by atoms with Crippen LogP contribution in [0.5, 0.6) is 0 Å². The third kappa shape index (κ3) is 1.96. The number of aliphatic carboxylic acids is 1. The molecule has 4 rings (SSSR count). The first-order chi connectivity index (χ1) is 10.9. The summed E-state index contributed by atoms with van der Waals surface area (Å²) in [5.74, 6) is 0.340. The fraction of sp³-hybridized carbons (Fsp3) is 0.789. The van der Waals surface area contributed by atoms with E-state index in [2.05, 4.69) is 25.2 Å². The summed E-state index contributed by atoms with van der Waals surface area (Å²) < 4.78 is 0. The Hall–Kier alpha value is -1.32. The van der Waals surface area contributed by atoms with Crippen LogP contribution in [-0.2, 0) is 9.59 Å². The number of allylic oxidation sites excluding steroid dienone is 1. The largest absolute Gasteiger partial charge is 0.481 e. The van der Waals surface area contributed by atoms with Crippen molar-refractivity contribution in [3.63, 3.8) is 0 Å². The third-order valence-corrected chi connectivity index (χ3v) is 7.82. The average molecular weight is 317 g/mol. The van der Waals surface area contributed by atoms with E-state index in [1.807, 2.05) is 0 Å². The van der Waals surface area contributed by atoms with Gasteiger partial charge in [0.05, 0.1) is 5.92 Å². The van der Waals surface area contributed by atoms with Gasteiger partial charge in [0.2, 0.25) is 5.91 Å². The molecule has 6 atom stereocenters. The lowest BCUT2D eigenvalue weighted by Gasteiger charge is -2.56. The van der Waals surface area contributed by atoms with Crippen molar-refractivity contribution in [2.75, 3.05) is 0 Å². The van der Waals surface area contributed by atoms with Gasteiger partial charge in [0.1, 0.15) is 0 Å². The molecule has 0 aromatic carbocycles. The monoisotopic (exact) mass is 317 g/mol. The summed E-state index contributed by atoms with van der Waals surface area (Å²) in [6.45, 7) is 4.55. The lowest BCUT2D eigenvalue weighted by atomic mass is 9.50. The van der Waals surface area contributed by atoms with Crippen molar-refractivity contribution < 1.29 is 14.7 Å². The molecule has 4 heteroatoms. The molecule has 1 heterocycles. The minimum Gasteiger partial charge on any atom is -0.481 e. The van der Waals surface area contributed by atoms with E-state index in [4.69, 9.17) is 0 Å². The van der Waals surface area contributed by atoms with Crippen molar-refractivity contribution >= 4 is 11.9 Å². The molecule has 1 aliphatic heterocycles. The van der Waals surface area contributed by atoms with Crippen LogP contribution in [0.4, 0.5) is 0 Å². The van der Waals surface area contributed by atoms with Crippen LogP contribution in [0.2, 0.25) is 0 Å². The minimum atomic E-state index is -0.612. The molecule has 2 N–H and O–H groups in total. The van der Waals surface area contributed by atoms with E-state index in [-0.39, 0.29) is 28.7 Å². The molecule has 4 aliphatic rings. The Labute approximate surface area is 137 Å². The highest BCUT2D eigenvalue weighted by atomic mass is 16.4. The first kappa shape index (κ1) is 15.2. The molecule has 3 aliphatic carbocycles. The van der Waals surface area contributed by atoms with Gasteiger partial charge in [-0.25, -0.2) is 0 Å². The van der Waals surface area contributed by atoms with Crippen molar-refractivity contribution in [1.82, 2.24) is 5.32 Å². The smallest absolute Gasteiger partial charge is 0.307 e. The number of carboxylic acid groups (broad SMARTS) is 1. The molecule has 1 amide bonds. The highest BCUT2D eigenvalue weighted by molar-refractivity contribution is 5.77. The van der Waals surface area contributed by atoms with Crippen molar-refractivity contribution in [3.8, 4) is 0 Å². The highest BCUT2D eigenvalue weighted by Gasteiger charge is 2.59. The predicted molar refractivity (Wildman–Crippen MR) is 86.7 cm³/mol. The first-order valence-electron chi connectivity index (χ1n) is 9.08. The van der Waals surface area contributed by atoms with Gasteiger partial charge in [-0.1, -0.05) is 25.5 Å². The number of hydrogen-bond donors (Lipinski definition) is 2. The van der Waals surface area contributed by atoms with Gasteiger partial charge >= 0.3 is 5.97 Å². The van der Waals surface area contributed by atoms with E-state index >= 15 is 0 Å². The number of carbonyl (C=O) groups excluding carboxylic acids is 1. The lowest BCUT2D eigenvalue weighted by Crippen LogP contribution is -2.58. The lowest BCUT2D eigenvalue weighted by molar-refractivity contribution is -0.146. The fourth-order valence-corrected chi connectivity index (χ4v) is 6.38. The topological polar surface area (TPSA) is 66.4 Å². The number of carbonyl (C=O) groups is 2. The Morgan fingerprint density at radius 1 is 1.17 bits per heavy atom. The van der Waals surface area contributed by atoms with E-state index in [1.54, 1.807) is 0 Å². The van der Waals surface area contributed by atoms with Gasteiger partial charge in [0.25, 0.3) is 0 Å². The second-order valence-electron chi connectivity index (χ2n) is 8.68. The van der Waals surface area contributed by atoms with Gasteiger partial charge in [0, 0.05) is 12.5 Å².